The second kappa shape index (κ2) is 6.94. The van der Waals surface area contributed by atoms with Crippen molar-refractivity contribution in [1.82, 2.24) is 0 Å². The number of benzene rings is 3. The summed E-state index contributed by atoms with van der Waals surface area (Å²) >= 11 is 0. The molecule has 5 nitrogen and oxygen atoms in total. The van der Waals surface area contributed by atoms with Gasteiger partial charge in [0.1, 0.15) is 5.75 Å². The molecular formula is C19H17NO4S. The predicted octanol–water partition coefficient (Wildman–Crippen LogP) is 3.26. The van der Waals surface area contributed by atoms with Crippen LogP contribution < -0.4 is 10.1 Å². The van der Waals surface area contributed by atoms with Gasteiger partial charge in [-0.2, -0.15) is 0 Å². The lowest BCUT2D eigenvalue weighted by Crippen LogP contribution is -2.20. The van der Waals surface area contributed by atoms with Crippen LogP contribution in [-0.4, -0.2) is 27.2 Å². The van der Waals surface area contributed by atoms with Crippen LogP contribution in [0, 0.1) is 0 Å². The van der Waals surface area contributed by atoms with Crippen LogP contribution in [0.4, 0.5) is 5.69 Å². The summed E-state index contributed by atoms with van der Waals surface area (Å²) in [7, 11) is -3.32. The molecule has 0 aliphatic carbocycles. The molecule has 0 aromatic heterocycles. The van der Waals surface area contributed by atoms with Crippen LogP contribution in [-0.2, 0) is 14.6 Å². The quantitative estimate of drug-likeness (QED) is 0.762. The summed E-state index contributed by atoms with van der Waals surface area (Å²) in [5.74, 6) is 0.261. The van der Waals surface area contributed by atoms with Crippen LogP contribution in [0.3, 0.4) is 0 Å². The van der Waals surface area contributed by atoms with Crippen LogP contribution in [0.5, 0.6) is 5.75 Å². The number of hydrogen-bond donors (Lipinski definition) is 1. The van der Waals surface area contributed by atoms with E-state index >= 15 is 0 Å². The first-order valence-electron chi connectivity index (χ1n) is 7.64. The Morgan fingerprint density at radius 3 is 2.52 bits per heavy atom. The summed E-state index contributed by atoms with van der Waals surface area (Å²) < 4.78 is 28.8. The van der Waals surface area contributed by atoms with E-state index in [4.69, 9.17) is 4.74 Å². The van der Waals surface area contributed by atoms with Gasteiger partial charge in [-0.15, -0.1) is 0 Å². The van der Waals surface area contributed by atoms with Gasteiger partial charge >= 0.3 is 0 Å². The molecule has 0 heterocycles. The molecule has 3 rings (SSSR count). The molecule has 0 radical (unpaired) electrons. The summed E-state index contributed by atoms with van der Waals surface area (Å²) in [5.41, 5.74) is 0.412. The van der Waals surface area contributed by atoms with Crippen molar-refractivity contribution in [3.8, 4) is 5.75 Å². The minimum absolute atomic E-state index is 0.153. The van der Waals surface area contributed by atoms with E-state index in [1.165, 1.54) is 12.1 Å². The van der Waals surface area contributed by atoms with Crippen molar-refractivity contribution in [2.24, 2.45) is 0 Å². The number of nitrogens with one attached hydrogen (secondary N) is 1. The largest absolute Gasteiger partial charge is 0.483 e. The molecule has 0 atom stereocenters. The van der Waals surface area contributed by atoms with Crippen molar-refractivity contribution in [3.63, 3.8) is 0 Å². The second-order valence-electron chi connectivity index (χ2n) is 5.61. The Labute approximate surface area is 146 Å². The lowest BCUT2D eigenvalue weighted by molar-refractivity contribution is -0.118. The zero-order chi connectivity index (χ0) is 17.9. The van der Waals surface area contributed by atoms with Crippen LogP contribution in [0.15, 0.2) is 71.6 Å². The molecule has 0 fully saturated rings. The highest BCUT2D eigenvalue weighted by Crippen LogP contribution is 2.25. The number of hydrogen-bond acceptors (Lipinski definition) is 4. The summed E-state index contributed by atoms with van der Waals surface area (Å²) in [6.45, 7) is -0.170. The molecule has 0 spiro atoms. The van der Waals surface area contributed by atoms with E-state index in [0.717, 1.165) is 17.0 Å². The van der Waals surface area contributed by atoms with E-state index in [0.29, 0.717) is 11.4 Å². The minimum atomic E-state index is -3.32. The Balaban J connectivity index is 1.69. The molecule has 25 heavy (non-hydrogen) atoms. The highest BCUT2D eigenvalue weighted by atomic mass is 32.2. The maximum Gasteiger partial charge on any atom is 0.262 e. The number of amides is 1. The van der Waals surface area contributed by atoms with Crippen molar-refractivity contribution in [2.75, 3.05) is 18.2 Å². The number of fused-ring (bicyclic) bond motifs is 1. The highest BCUT2D eigenvalue weighted by molar-refractivity contribution is 7.90. The Morgan fingerprint density at radius 2 is 1.72 bits per heavy atom. The first-order chi connectivity index (χ1) is 11.9. The summed E-state index contributed by atoms with van der Waals surface area (Å²) in [4.78, 5) is 12.3. The van der Waals surface area contributed by atoms with Gasteiger partial charge in [0.15, 0.2) is 16.4 Å². The fourth-order valence-electron chi connectivity index (χ4n) is 2.47. The van der Waals surface area contributed by atoms with E-state index in [2.05, 4.69) is 5.32 Å². The van der Waals surface area contributed by atoms with Crippen molar-refractivity contribution < 1.29 is 17.9 Å². The normalized spacial score (nSPS) is 11.2. The number of carbonyl (C=O) groups is 1. The van der Waals surface area contributed by atoms with Gasteiger partial charge in [-0.1, -0.05) is 42.5 Å². The summed E-state index contributed by atoms with van der Waals surface area (Å²) in [6, 6.07) is 19.5. The topological polar surface area (TPSA) is 72.5 Å². The van der Waals surface area contributed by atoms with E-state index in [9.17, 15) is 13.2 Å². The summed E-state index contributed by atoms with van der Waals surface area (Å²) in [5, 5.41) is 4.60. The highest BCUT2D eigenvalue weighted by Gasteiger charge is 2.10. The molecule has 0 unspecified atom stereocenters. The molecule has 1 amide bonds. The molecular weight excluding hydrogens is 338 g/mol. The van der Waals surface area contributed by atoms with Crippen molar-refractivity contribution in [3.05, 3.63) is 66.7 Å². The van der Waals surface area contributed by atoms with Crippen LogP contribution in [0.1, 0.15) is 0 Å². The molecule has 3 aromatic rings. The molecule has 0 saturated carbocycles. The fourth-order valence-corrected chi connectivity index (χ4v) is 3.13. The van der Waals surface area contributed by atoms with E-state index < -0.39 is 9.84 Å². The standard InChI is InChI=1S/C19H17NO4S/c1-25(22,23)16-9-5-8-15(12-16)20-19(21)13-24-18-11-4-7-14-6-2-3-10-17(14)18/h2-12H,13H2,1H3,(H,20,21). The van der Waals surface area contributed by atoms with Crippen molar-refractivity contribution in [2.45, 2.75) is 4.90 Å². The van der Waals surface area contributed by atoms with E-state index in [1.54, 1.807) is 18.2 Å². The van der Waals surface area contributed by atoms with Crippen molar-refractivity contribution in [1.29, 1.82) is 0 Å². The number of anilines is 1. The maximum atomic E-state index is 12.1. The molecule has 3 aromatic carbocycles. The van der Waals surface area contributed by atoms with Gasteiger partial charge in [0, 0.05) is 17.3 Å². The van der Waals surface area contributed by atoms with Crippen molar-refractivity contribution >= 4 is 32.2 Å². The zero-order valence-electron chi connectivity index (χ0n) is 13.6. The van der Waals surface area contributed by atoms with Gasteiger partial charge in [0.2, 0.25) is 0 Å². The van der Waals surface area contributed by atoms with E-state index in [-0.39, 0.29) is 17.4 Å². The molecule has 0 aliphatic heterocycles. The lowest BCUT2D eigenvalue weighted by Gasteiger charge is -2.10. The van der Waals surface area contributed by atoms with Crippen LogP contribution in [0.25, 0.3) is 10.8 Å². The number of carbonyl (C=O) groups excluding carboxylic acids is 1. The third-order valence-corrected chi connectivity index (χ3v) is 4.76. The third-order valence-electron chi connectivity index (χ3n) is 3.65. The number of sulfone groups is 1. The maximum absolute atomic E-state index is 12.1. The second-order valence-corrected chi connectivity index (χ2v) is 7.63. The molecule has 0 saturated heterocycles. The average Bonchev–Trinajstić information content (AvgIpc) is 2.59. The summed E-state index contributed by atoms with van der Waals surface area (Å²) in [6.07, 6.45) is 1.12. The van der Waals surface area contributed by atoms with E-state index in [1.807, 2.05) is 36.4 Å². The van der Waals surface area contributed by atoms with Gasteiger partial charge < -0.3 is 10.1 Å². The average molecular weight is 355 g/mol. The minimum Gasteiger partial charge on any atom is -0.483 e. The van der Waals surface area contributed by atoms with Crippen LogP contribution >= 0.6 is 0 Å². The van der Waals surface area contributed by atoms with Gasteiger partial charge in [0.25, 0.3) is 5.91 Å². The smallest absolute Gasteiger partial charge is 0.262 e. The molecule has 0 bridgehead atoms. The zero-order valence-corrected chi connectivity index (χ0v) is 14.4. The molecule has 6 heteroatoms. The Bertz CT molecular complexity index is 1020. The number of rotatable bonds is 5. The number of ether oxygens (including phenoxy) is 1. The van der Waals surface area contributed by atoms with Gasteiger partial charge in [-0.05, 0) is 29.7 Å². The predicted molar refractivity (Wildman–Crippen MR) is 97.6 cm³/mol. The SMILES string of the molecule is CS(=O)(=O)c1cccc(NC(=O)COc2cccc3ccccc23)c1. The van der Waals surface area contributed by atoms with Gasteiger partial charge in [0.05, 0.1) is 4.90 Å². The molecule has 0 aliphatic rings. The third kappa shape index (κ3) is 4.16. The Morgan fingerprint density at radius 1 is 1.00 bits per heavy atom. The fraction of sp³-hybridized carbons (Fsp3) is 0.105. The lowest BCUT2D eigenvalue weighted by atomic mass is 10.1. The Kier molecular flexibility index (Phi) is 4.72. The van der Waals surface area contributed by atoms with Gasteiger partial charge in [-0.3, -0.25) is 4.79 Å². The Hall–Kier alpha value is -2.86. The molecule has 128 valence electrons. The monoisotopic (exact) mass is 355 g/mol. The van der Waals surface area contributed by atoms with Crippen LogP contribution in [0.2, 0.25) is 0 Å². The first kappa shape index (κ1) is 17.0. The van der Waals surface area contributed by atoms with Gasteiger partial charge in [-0.25, -0.2) is 8.42 Å². The molecule has 1 N–H and O–H groups in total. The first-order valence-corrected chi connectivity index (χ1v) is 9.53.